The number of aliphatic hydroxyl groups excluding tert-OH is 1. The minimum absolute atomic E-state index is 0.0268. The van der Waals surface area contributed by atoms with E-state index in [9.17, 15) is 14.6 Å². The van der Waals surface area contributed by atoms with Gasteiger partial charge in [0.25, 0.3) is 7.82 Å². The number of likely N-dealkylation sites (N-methyl/N-ethyl adjacent to an activating group) is 1. The number of methoxy groups -OCH3 is 1. The molecule has 0 radical (unpaired) electrons. The molecule has 0 aromatic heterocycles. The second-order valence-corrected chi connectivity index (χ2v) is 11.4. The third kappa shape index (κ3) is 23.4. The lowest BCUT2D eigenvalue weighted by Crippen LogP contribution is -2.37. The van der Waals surface area contributed by atoms with Crippen LogP contribution in [0.1, 0.15) is 77.6 Å². The number of quaternary nitrogens is 1. The van der Waals surface area contributed by atoms with Crippen LogP contribution in [0, 0.1) is 0 Å². The second kappa shape index (κ2) is 20.8. The predicted octanol–water partition coefficient (Wildman–Crippen LogP) is 4.45. The van der Waals surface area contributed by atoms with Crippen LogP contribution in [0.5, 0.6) is 0 Å². The normalized spacial score (nSPS) is 16.1. The van der Waals surface area contributed by atoms with Crippen LogP contribution >= 0.6 is 7.82 Å². The average molecular weight is 510 g/mol. The lowest BCUT2D eigenvalue weighted by molar-refractivity contribution is -0.870. The van der Waals surface area contributed by atoms with E-state index in [1.165, 1.54) is 57.8 Å². The Hall–Kier alpha value is -0.310. The Kier molecular flexibility index (Phi) is 20.6. The number of phosphoric acid groups is 1. The van der Waals surface area contributed by atoms with E-state index < -0.39 is 20.5 Å². The lowest BCUT2D eigenvalue weighted by Gasteiger charge is -2.27. The number of rotatable bonds is 24. The first-order valence-electron chi connectivity index (χ1n) is 12.9. The highest BCUT2D eigenvalue weighted by atomic mass is 31.2. The summed E-state index contributed by atoms with van der Waals surface area (Å²) in [5.41, 5.74) is 0. The SMILES string of the molecule is CCCCCCCCCCC/C=C\CC(COC[C@H](O)COP(=O)([O-])OCC[N+](C)(C)C)OC. The van der Waals surface area contributed by atoms with E-state index in [4.69, 9.17) is 18.5 Å². The molecule has 0 fully saturated rings. The molecule has 3 atom stereocenters. The summed E-state index contributed by atoms with van der Waals surface area (Å²) in [6, 6.07) is 0. The zero-order chi connectivity index (χ0) is 25.7. The molecule has 0 aliphatic rings. The number of unbranched alkanes of at least 4 members (excludes halogenated alkanes) is 9. The first-order valence-corrected chi connectivity index (χ1v) is 14.4. The van der Waals surface area contributed by atoms with Gasteiger partial charge in [0.2, 0.25) is 0 Å². The van der Waals surface area contributed by atoms with E-state index >= 15 is 0 Å². The Morgan fingerprint density at radius 1 is 0.912 bits per heavy atom. The van der Waals surface area contributed by atoms with Crippen molar-refractivity contribution in [2.75, 3.05) is 61.2 Å². The van der Waals surface area contributed by atoms with Crippen LogP contribution in [0.25, 0.3) is 0 Å². The zero-order valence-electron chi connectivity index (χ0n) is 22.4. The third-order valence-corrected chi connectivity index (χ3v) is 6.39. The van der Waals surface area contributed by atoms with Gasteiger partial charge < -0.3 is 33.0 Å². The summed E-state index contributed by atoms with van der Waals surface area (Å²) in [6.07, 6.45) is 16.9. The fourth-order valence-electron chi connectivity index (χ4n) is 3.20. The Labute approximate surface area is 208 Å². The summed E-state index contributed by atoms with van der Waals surface area (Å²) in [5, 5.41) is 9.92. The van der Waals surface area contributed by atoms with E-state index in [2.05, 4.69) is 19.1 Å². The van der Waals surface area contributed by atoms with Gasteiger partial charge in [-0.3, -0.25) is 4.57 Å². The summed E-state index contributed by atoms with van der Waals surface area (Å²) >= 11 is 0. The summed E-state index contributed by atoms with van der Waals surface area (Å²) in [6.45, 7) is 2.67. The zero-order valence-corrected chi connectivity index (χ0v) is 23.3. The predicted molar refractivity (Wildman–Crippen MR) is 136 cm³/mol. The number of allylic oxidation sites excluding steroid dienone is 1. The smallest absolute Gasteiger partial charge is 0.268 e. The minimum Gasteiger partial charge on any atom is -0.756 e. The number of hydrogen-bond acceptors (Lipinski definition) is 7. The van der Waals surface area contributed by atoms with Gasteiger partial charge in [-0.15, -0.1) is 0 Å². The largest absolute Gasteiger partial charge is 0.756 e. The molecule has 0 heterocycles. The van der Waals surface area contributed by atoms with Gasteiger partial charge in [0, 0.05) is 7.11 Å². The van der Waals surface area contributed by atoms with Crippen molar-refractivity contribution in [2.45, 2.75) is 89.8 Å². The fraction of sp³-hybridized carbons (Fsp3) is 0.920. The number of ether oxygens (including phenoxy) is 2. The van der Waals surface area contributed by atoms with Crippen molar-refractivity contribution in [1.29, 1.82) is 0 Å². The highest BCUT2D eigenvalue weighted by Gasteiger charge is 2.16. The summed E-state index contributed by atoms with van der Waals surface area (Å²) in [7, 11) is 2.99. The maximum absolute atomic E-state index is 11.7. The Morgan fingerprint density at radius 3 is 2.12 bits per heavy atom. The number of hydrogen-bond donors (Lipinski definition) is 1. The van der Waals surface area contributed by atoms with Crippen LogP contribution in [-0.2, 0) is 23.1 Å². The van der Waals surface area contributed by atoms with Gasteiger partial charge in [-0.05, 0) is 19.3 Å². The topological polar surface area (TPSA) is 97.3 Å². The molecule has 2 unspecified atom stereocenters. The van der Waals surface area contributed by atoms with Crippen molar-refractivity contribution in [2.24, 2.45) is 0 Å². The van der Waals surface area contributed by atoms with Crippen LogP contribution in [0.15, 0.2) is 12.2 Å². The molecule has 1 N–H and O–H groups in total. The molecule has 0 spiro atoms. The molecule has 8 nitrogen and oxygen atoms in total. The first kappa shape index (κ1) is 33.7. The van der Waals surface area contributed by atoms with Gasteiger partial charge in [0.1, 0.15) is 19.3 Å². The Balaban J connectivity index is 3.80. The Morgan fingerprint density at radius 2 is 1.53 bits per heavy atom. The standard InChI is InChI=1S/C25H52NO7P/c1-6-7-8-9-10-11-12-13-14-15-16-17-18-25(30-5)23-31-21-24(27)22-33-34(28,29)32-20-19-26(2,3)4/h16-17,24-25,27H,6-15,18-23H2,1-5H3/b17-16-/t24-,25?/m0/s1. The van der Waals surface area contributed by atoms with E-state index in [1.54, 1.807) is 7.11 Å². The maximum Gasteiger partial charge on any atom is 0.268 e. The van der Waals surface area contributed by atoms with Crippen molar-refractivity contribution in [3.63, 3.8) is 0 Å². The van der Waals surface area contributed by atoms with Gasteiger partial charge in [0.15, 0.2) is 0 Å². The molecule has 34 heavy (non-hydrogen) atoms. The lowest BCUT2D eigenvalue weighted by atomic mass is 10.1. The van der Waals surface area contributed by atoms with Crippen LogP contribution < -0.4 is 4.89 Å². The quantitative estimate of drug-likeness (QED) is 0.0888. The van der Waals surface area contributed by atoms with E-state index in [0.717, 1.165) is 12.8 Å². The van der Waals surface area contributed by atoms with Crippen molar-refractivity contribution < 1.29 is 37.6 Å². The van der Waals surface area contributed by atoms with Gasteiger partial charge in [0.05, 0.1) is 47.1 Å². The average Bonchev–Trinajstić information content (AvgIpc) is 2.76. The van der Waals surface area contributed by atoms with E-state index in [0.29, 0.717) is 17.6 Å². The first-order chi connectivity index (χ1) is 16.1. The van der Waals surface area contributed by atoms with Crippen molar-refractivity contribution in [3.8, 4) is 0 Å². The van der Waals surface area contributed by atoms with Crippen LogP contribution in [0.4, 0.5) is 0 Å². The number of nitrogens with zero attached hydrogens (tertiary/aromatic N) is 1. The molecule has 9 heteroatoms. The molecule has 0 bridgehead atoms. The van der Waals surface area contributed by atoms with Crippen molar-refractivity contribution in [1.82, 2.24) is 0 Å². The van der Waals surface area contributed by atoms with E-state index in [1.807, 2.05) is 21.1 Å². The maximum atomic E-state index is 11.7. The Bertz CT molecular complexity index is 540. The van der Waals surface area contributed by atoms with E-state index in [-0.39, 0.29) is 19.3 Å². The second-order valence-electron chi connectivity index (χ2n) is 9.96. The summed E-state index contributed by atoms with van der Waals surface area (Å²) < 4.78 is 32.7. The van der Waals surface area contributed by atoms with Crippen LogP contribution in [0.3, 0.4) is 0 Å². The van der Waals surface area contributed by atoms with Gasteiger partial charge in [-0.1, -0.05) is 70.4 Å². The van der Waals surface area contributed by atoms with Gasteiger partial charge >= 0.3 is 0 Å². The molecule has 0 saturated carbocycles. The summed E-state index contributed by atoms with van der Waals surface area (Å²) in [5.74, 6) is 0. The third-order valence-electron chi connectivity index (χ3n) is 5.42. The fourth-order valence-corrected chi connectivity index (χ4v) is 3.93. The molecule has 204 valence electrons. The molecular formula is C25H52NO7P. The minimum atomic E-state index is -4.44. The highest BCUT2D eigenvalue weighted by Crippen LogP contribution is 2.38. The molecule has 0 aromatic rings. The van der Waals surface area contributed by atoms with Crippen LogP contribution in [0.2, 0.25) is 0 Å². The van der Waals surface area contributed by atoms with Gasteiger partial charge in [-0.2, -0.15) is 0 Å². The molecule has 0 saturated heterocycles. The molecule has 0 amide bonds. The monoisotopic (exact) mass is 509 g/mol. The highest BCUT2D eigenvalue weighted by molar-refractivity contribution is 7.45. The molecule has 0 aliphatic heterocycles. The van der Waals surface area contributed by atoms with Crippen LogP contribution in [-0.4, -0.2) is 83.0 Å². The number of phosphoric ester groups is 1. The molecule has 0 rings (SSSR count). The van der Waals surface area contributed by atoms with Crippen molar-refractivity contribution >= 4 is 7.82 Å². The molecule has 0 aliphatic carbocycles. The summed E-state index contributed by atoms with van der Waals surface area (Å²) in [4.78, 5) is 11.7. The molecular weight excluding hydrogens is 457 g/mol. The van der Waals surface area contributed by atoms with Crippen molar-refractivity contribution in [3.05, 3.63) is 12.2 Å². The number of aliphatic hydroxyl groups is 1. The van der Waals surface area contributed by atoms with Gasteiger partial charge in [-0.25, -0.2) is 0 Å². The molecule has 0 aromatic carbocycles.